The van der Waals surface area contributed by atoms with E-state index in [1.54, 1.807) is 18.3 Å². The SMILES string of the molecule is CC(=O)NC(C)[C@@H]1CC[C@@H](Nc2ncnc3[nH]cc(C(=O)c4ccc(Oc5ccccc5)cc4C)c23)CO1. The van der Waals surface area contributed by atoms with E-state index >= 15 is 0 Å². The second-order valence-corrected chi connectivity index (χ2v) is 9.65. The van der Waals surface area contributed by atoms with E-state index in [-0.39, 0.29) is 29.9 Å². The van der Waals surface area contributed by atoms with Crippen molar-refractivity contribution < 1.29 is 19.1 Å². The van der Waals surface area contributed by atoms with Gasteiger partial charge in [-0.05, 0) is 62.6 Å². The van der Waals surface area contributed by atoms with Crippen molar-refractivity contribution in [3.05, 3.63) is 77.7 Å². The first kappa shape index (κ1) is 25.4. The number of nitrogens with one attached hydrogen (secondary N) is 3. The number of ether oxygens (including phenoxy) is 2. The minimum atomic E-state index is -0.123. The van der Waals surface area contributed by atoms with Gasteiger partial charge in [-0.1, -0.05) is 18.2 Å². The molecule has 196 valence electrons. The van der Waals surface area contributed by atoms with Gasteiger partial charge in [-0.2, -0.15) is 0 Å². The van der Waals surface area contributed by atoms with E-state index in [1.807, 2.05) is 50.2 Å². The van der Waals surface area contributed by atoms with Crippen LogP contribution in [0.1, 0.15) is 48.2 Å². The van der Waals surface area contributed by atoms with E-state index in [9.17, 15) is 9.59 Å². The number of nitrogens with zero attached hydrogens (tertiary/aromatic N) is 2. The molecule has 2 aromatic carbocycles. The van der Waals surface area contributed by atoms with Crippen molar-refractivity contribution in [1.29, 1.82) is 0 Å². The molecule has 3 N–H and O–H groups in total. The van der Waals surface area contributed by atoms with Crippen LogP contribution in [0.15, 0.2) is 61.1 Å². The van der Waals surface area contributed by atoms with Gasteiger partial charge in [0.15, 0.2) is 5.78 Å². The predicted molar refractivity (Wildman–Crippen MR) is 145 cm³/mol. The van der Waals surface area contributed by atoms with Crippen LogP contribution in [-0.4, -0.2) is 51.4 Å². The number of fused-ring (bicyclic) bond motifs is 1. The van der Waals surface area contributed by atoms with E-state index in [2.05, 4.69) is 25.6 Å². The molecule has 1 saturated heterocycles. The van der Waals surface area contributed by atoms with E-state index < -0.39 is 0 Å². The number of aryl methyl sites for hydroxylation is 1. The van der Waals surface area contributed by atoms with Gasteiger partial charge in [-0.3, -0.25) is 9.59 Å². The lowest BCUT2D eigenvalue weighted by Crippen LogP contribution is -2.46. The Kier molecular flexibility index (Phi) is 7.37. The molecule has 3 heterocycles. The Hall–Kier alpha value is -4.24. The van der Waals surface area contributed by atoms with Crippen molar-refractivity contribution >= 4 is 28.5 Å². The van der Waals surface area contributed by atoms with Gasteiger partial charge >= 0.3 is 0 Å². The number of para-hydroxylation sites is 1. The third kappa shape index (κ3) is 5.52. The summed E-state index contributed by atoms with van der Waals surface area (Å²) in [7, 11) is 0. The van der Waals surface area contributed by atoms with Gasteiger partial charge in [-0.25, -0.2) is 9.97 Å². The summed E-state index contributed by atoms with van der Waals surface area (Å²) in [6.45, 7) is 5.82. The Bertz CT molecular complexity index is 1440. The van der Waals surface area contributed by atoms with Gasteiger partial charge in [0.1, 0.15) is 29.3 Å². The third-order valence-corrected chi connectivity index (χ3v) is 6.78. The van der Waals surface area contributed by atoms with Crippen LogP contribution in [0.5, 0.6) is 11.5 Å². The third-order valence-electron chi connectivity index (χ3n) is 6.78. The van der Waals surface area contributed by atoms with Crippen molar-refractivity contribution in [3.63, 3.8) is 0 Å². The fraction of sp³-hybridized carbons (Fsp3) is 0.310. The molecule has 0 spiro atoms. The Labute approximate surface area is 221 Å². The topological polar surface area (TPSA) is 118 Å². The molecule has 0 radical (unpaired) electrons. The summed E-state index contributed by atoms with van der Waals surface area (Å²) in [5.41, 5.74) is 2.47. The van der Waals surface area contributed by atoms with E-state index in [1.165, 1.54) is 13.3 Å². The van der Waals surface area contributed by atoms with Gasteiger partial charge < -0.3 is 25.1 Å². The number of ketones is 1. The van der Waals surface area contributed by atoms with Gasteiger partial charge in [0.25, 0.3) is 0 Å². The molecule has 9 nitrogen and oxygen atoms in total. The molecule has 1 aliphatic heterocycles. The molecule has 1 aliphatic rings. The molecule has 1 unspecified atom stereocenters. The van der Waals surface area contributed by atoms with Gasteiger partial charge in [0.05, 0.1) is 35.7 Å². The summed E-state index contributed by atoms with van der Waals surface area (Å²) < 4.78 is 11.9. The van der Waals surface area contributed by atoms with Crippen molar-refractivity contribution in [2.45, 2.75) is 51.8 Å². The quantitative estimate of drug-likeness (QED) is 0.290. The standard InChI is InChI=1S/C29H31N5O4/c1-17-13-22(38-21-7-5-4-6-8-21)10-11-23(17)27(36)24-14-30-28-26(24)29(32-16-31-28)34-20-9-12-25(37-15-20)18(2)33-19(3)35/h4-8,10-11,13-14,16,18,20,25H,9,12,15H2,1-3H3,(H,33,35)(H2,30,31,32,34)/t18?,20-,25+/m1/s1. The van der Waals surface area contributed by atoms with Crippen LogP contribution >= 0.6 is 0 Å². The van der Waals surface area contributed by atoms with Crippen LogP contribution in [0.4, 0.5) is 5.82 Å². The highest BCUT2D eigenvalue weighted by Crippen LogP contribution is 2.30. The first-order chi connectivity index (χ1) is 18.4. The monoisotopic (exact) mass is 513 g/mol. The molecular weight excluding hydrogens is 482 g/mol. The van der Waals surface area contributed by atoms with Gasteiger partial charge in [-0.15, -0.1) is 0 Å². The normalized spacial score (nSPS) is 18.1. The fourth-order valence-electron chi connectivity index (χ4n) is 4.86. The Morgan fingerprint density at radius 1 is 1.08 bits per heavy atom. The second kappa shape index (κ2) is 11.0. The number of anilines is 1. The second-order valence-electron chi connectivity index (χ2n) is 9.65. The molecule has 38 heavy (non-hydrogen) atoms. The number of aromatic nitrogens is 3. The lowest BCUT2D eigenvalue weighted by Gasteiger charge is -2.33. The summed E-state index contributed by atoms with van der Waals surface area (Å²) in [4.78, 5) is 36.9. The largest absolute Gasteiger partial charge is 0.457 e. The lowest BCUT2D eigenvalue weighted by molar-refractivity contribution is -0.121. The molecule has 3 atom stereocenters. The highest BCUT2D eigenvalue weighted by molar-refractivity contribution is 6.18. The van der Waals surface area contributed by atoms with E-state index in [0.717, 1.165) is 24.2 Å². The molecule has 9 heteroatoms. The zero-order chi connectivity index (χ0) is 26.6. The number of carbonyl (C=O) groups excluding carboxylic acids is 2. The van der Waals surface area contributed by atoms with Crippen LogP contribution in [0, 0.1) is 6.92 Å². The number of carbonyl (C=O) groups is 2. The first-order valence-corrected chi connectivity index (χ1v) is 12.7. The molecule has 0 saturated carbocycles. The first-order valence-electron chi connectivity index (χ1n) is 12.7. The number of H-pyrrole nitrogens is 1. The maximum absolute atomic E-state index is 13.7. The highest BCUT2D eigenvalue weighted by Gasteiger charge is 2.28. The molecule has 5 rings (SSSR count). The van der Waals surface area contributed by atoms with Crippen molar-refractivity contribution in [3.8, 4) is 11.5 Å². The summed E-state index contributed by atoms with van der Waals surface area (Å²) in [5, 5.41) is 7.00. The number of aromatic amines is 1. The molecule has 2 aromatic heterocycles. The molecular formula is C29H31N5O4. The summed E-state index contributed by atoms with van der Waals surface area (Å²) in [5.74, 6) is 1.80. The number of rotatable bonds is 8. The maximum atomic E-state index is 13.7. The molecule has 1 fully saturated rings. The molecule has 0 aliphatic carbocycles. The lowest BCUT2D eigenvalue weighted by atomic mass is 9.98. The average molecular weight is 514 g/mol. The molecule has 1 amide bonds. The van der Waals surface area contributed by atoms with Crippen LogP contribution in [0.3, 0.4) is 0 Å². The Balaban J connectivity index is 1.33. The van der Waals surface area contributed by atoms with Crippen LogP contribution in [0.2, 0.25) is 0 Å². The zero-order valence-electron chi connectivity index (χ0n) is 21.7. The molecule has 0 bridgehead atoms. The molecule has 4 aromatic rings. The van der Waals surface area contributed by atoms with Crippen LogP contribution in [0.25, 0.3) is 11.0 Å². The highest BCUT2D eigenvalue weighted by atomic mass is 16.5. The smallest absolute Gasteiger partial charge is 0.217 e. The van der Waals surface area contributed by atoms with Crippen LogP contribution in [-0.2, 0) is 9.53 Å². The fourth-order valence-corrected chi connectivity index (χ4v) is 4.86. The number of hydrogen-bond acceptors (Lipinski definition) is 7. The number of hydrogen-bond donors (Lipinski definition) is 3. The number of benzene rings is 2. The summed E-state index contributed by atoms with van der Waals surface area (Å²) in [6.07, 6.45) is 4.76. The maximum Gasteiger partial charge on any atom is 0.217 e. The van der Waals surface area contributed by atoms with Crippen LogP contribution < -0.4 is 15.4 Å². The van der Waals surface area contributed by atoms with Crippen molar-refractivity contribution in [2.75, 3.05) is 11.9 Å². The Morgan fingerprint density at radius 3 is 2.61 bits per heavy atom. The summed E-state index contributed by atoms with van der Waals surface area (Å²) >= 11 is 0. The van der Waals surface area contributed by atoms with Crippen molar-refractivity contribution in [1.82, 2.24) is 20.3 Å². The number of amides is 1. The van der Waals surface area contributed by atoms with E-state index in [0.29, 0.717) is 40.3 Å². The zero-order valence-corrected chi connectivity index (χ0v) is 21.7. The van der Waals surface area contributed by atoms with Gasteiger partial charge in [0.2, 0.25) is 5.91 Å². The van der Waals surface area contributed by atoms with Gasteiger partial charge in [0, 0.05) is 18.7 Å². The Morgan fingerprint density at radius 2 is 1.89 bits per heavy atom. The average Bonchev–Trinajstić information content (AvgIpc) is 3.34. The van der Waals surface area contributed by atoms with Crippen molar-refractivity contribution in [2.24, 2.45) is 0 Å². The summed E-state index contributed by atoms with van der Waals surface area (Å²) in [6, 6.07) is 14.9. The minimum Gasteiger partial charge on any atom is -0.457 e. The van der Waals surface area contributed by atoms with E-state index in [4.69, 9.17) is 9.47 Å². The predicted octanol–water partition coefficient (Wildman–Crippen LogP) is 4.77. The minimum absolute atomic E-state index is 0.0166.